The monoisotopic (exact) mass is 256 g/mol. The lowest BCUT2D eigenvalue weighted by atomic mass is 10.2. The molecule has 0 aromatic heterocycles. The molecule has 94 valence electrons. The van der Waals surface area contributed by atoms with Crippen LogP contribution in [-0.2, 0) is 10.0 Å². The van der Waals surface area contributed by atoms with Gasteiger partial charge in [0.1, 0.15) is 0 Å². The topological polar surface area (TPSA) is 75.3 Å². The Morgan fingerprint density at radius 3 is 2.29 bits per heavy atom. The minimum absolute atomic E-state index is 0.165. The van der Waals surface area contributed by atoms with Crippen molar-refractivity contribution in [2.24, 2.45) is 0 Å². The van der Waals surface area contributed by atoms with Crippen molar-refractivity contribution in [1.29, 1.82) is 0 Å². The molecule has 0 aliphatic heterocycles. The van der Waals surface area contributed by atoms with Crippen LogP contribution in [0.4, 0.5) is 0 Å². The van der Waals surface area contributed by atoms with Crippen LogP contribution in [0.25, 0.3) is 0 Å². The predicted octanol–water partition coefficient (Wildman–Crippen LogP) is 0.734. The molecule has 2 N–H and O–H groups in total. The van der Waals surface area contributed by atoms with Gasteiger partial charge in [-0.3, -0.25) is 4.79 Å². The van der Waals surface area contributed by atoms with E-state index in [2.05, 4.69) is 10.0 Å². The lowest BCUT2D eigenvalue weighted by Crippen LogP contribution is -2.24. The minimum Gasteiger partial charge on any atom is -0.355 e. The third-order valence-electron chi connectivity index (χ3n) is 2.20. The van der Waals surface area contributed by atoms with Gasteiger partial charge in [-0.1, -0.05) is 6.92 Å². The number of nitrogens with one attached hydrogen (secondary N) is 2. The zero-order chi connectivity index (χ0) is 12.9. The van der Waals surface area contributed by atoms with E-state index < -0.39 is 10.0 Å². The number of carbonyl (C=O) groups is 1. The highest BCUT2D eigenvalue weighted by Gasteiger charge is 2.13. The number of amides is 1. The molecule has 0 aliphatic rings. The fourth-order valence-electron chi connectivity index (χ4n) is 1.25. The molecule has 6 heteroatoms. The Balaban J connectivity index is 2.91. The average Bonchev–Trinajstić information content (AvgIpc) is 2.35. The van der Waals surface area contributed by atoms with E-state index in [1.54, 1.807) is 0 Å². The van der Waals surface area contributed by atoms with Gasteiger partial charge in [-0.2, -0.15) is 0 Å². The molecule has 0 atom stereocenters. The van der Waals surface area contributed by atoms with Crippen molar-refractivity contribution >= 4 is 15.9 Å². The highest BCUT2D eigenvalue weighted by molar-refractivity contribution is 7.89. The summed E-state index contributed by atoms with van der Waals surface area (Å²) in [6, 6.07) is 5.81. The highest BCUT2D eigenvalue weighted by Crippen LogP contribution is 2.10. The molecule has 17 heavy (non-hydrogen) atoms. The van der Waals surface area contributed by atoms with Gasteiger partial charge >= 0.3 is 0 Å². The fraction of sp³-hybridized carbons (Fsp3) is 0.364. The number of carbonyl (C=O) groups excluding carboxylic acids is 1. The van der Waals surface area contributed by atoms with Crippen molar-refractivity contribution in [2.45, 2.75) is 18.2 Å². The van der Waals surface area contributed by atoms with E-state index in [4.69, 9.17) is 0 Å². The first-order chi connectivity index (χ1) is 8.01. The first-order valence-corrected chi connectivity index (χ1v) is 6.81. The van der Waals surface area contributed by atoms with E-state index >= 15 is 0 Å². The Labute approximate surface area is 101 Å². The molecule has 0 spiro atoms. The maximum atomic E-state index is 11.7. The molecule has 0 unspecified atom stereocenters. The molecule has 0 bridgehead atoms. The van der Waals surface area contributed by atoms with Gasteiger partial charge in [-0.05, 0) is 30.7 Å². The second kappa shape index (κ2) is 5.79. The largest absolute Gasteiger partial charge is 0.355 e. The Morgan fingerprint density at radius 1 is 1.24 bits per heavy atom. The first kappa shape index (κ1) is 13.7. The summed E-state index contributed by atoms with van der Waals surface area (Å²) in [6.45, 7) is 2.29. The summed E-state index contributed by atoms with van der Waals surface area (Å²) in [7, 11) is -1.93. The zero-order valence-electron chi connectivity index (χ0n) is 9.86. The molecule has 0 saturated carbocycles. The van der Waals surface area contributed by atoms with E-state index in [1.165, 1.54) is 31.3 Å². The van der Waals surface area contributed by atoms with Crippen molar-refractivity contribution in [1.82, 2.24) is 10.0 Å². The van der Waals surface area contributed by atoms with E-state index in [9.17, 15) is 13.2 Å². The molecular weight excluding hydrogens is 240 g/mol. The Hall–Kier alpha value is -1.40. The summed E-state index contributed by atoms with van der Waals surface area (Å²) in [4.78, 5) is 11.4. The van der Waals surface area contributed by atoms with Crippen molar-refractivity contribution < 1.29 is 13.2 Å². The maximum absolute atomic E-state index is 11.7. The molecular formula is C11H16N2O3S. The van der Waals surface area contributed by atoms with Crippen molar-refractivity contribution in [3.05, 3.63) is 29.8 Å². The maximum Gasteiger partial charge on any atom is 0.251 e. The summed E-state index contributed by atoms with van der Waals surface area (Å²) in [5.74, 6) is -0.240. The second-order valence-electron chi connectivity index (χ2n) is 3.50. The highest BCUT2D eigenvalue weighted by atomic mass is 32.2. The molecule has 1 aromatic carbocycles. The van der Waals surface area contributed by atoms with Crippen LogP contribution in [0.15, 0.2) is 29.2 Å². The Morgan fingerprint density at radius 2 is 1.82 bits per heavy atom. The summed E-state index contributed by atoms with van der Waals surface area (Å²) in [5, 5.41) is 2.47. The number of benzene rings is 1. The Bertz CT molecular complexity index is 480. The second-order valence-corrected chi connectivity index (χ2v) is 5.27. The number of rotatable bonds is 5. The SMILES string of the molecule is CCCNS(=O)(=O)c1ccc(C(=O)NC)cc1. The predicted molar refractivity (Wildman–Crippen MR) is 65.3 cm³/mol. The average molecular weight is 256 g/mol. The van der Waals surface area contributed by atoms with Crippen LogP contribution in [0.2, 0.25) is 0 Å². The minimum atomic E-state index is -3.45. The van der Waals surface area contributed by atoms with E-state index in [0.29, 0.717) is 12.1 Å². The van der Waals surface area contributed by atoms with Crippen molar-refractivity contribution in [3.8, 4) is 0 Å². The molecule has 1 amide bonds. The quantitative estimate of drug-likeness (QED) is 0.815. The molecule has 1 aromatic rings. The van der Waals surface area contributed by atoms with Gasteiger partial charge in [-0.25, -0.2) is 13.1 Å². The Kier molecular flexibility index (Phi) is 4.65. The van der Waals surface area contributed by atoms with Crippen LogP contribution in [0.5, 0.6) is 0 Å². The van der Waals surface area contributed by atoms with Crippen LogP contribution in [0.3, 0.4) is 0 Å². The van der Waals surface area contributed by atoms with Gasteiger partial charge in [0.25, 0.3) is 5.91 Å². The van der Waals surface area contributed by atoms with Crippen LogP contribution >= 0.6 is 0 Å². The van der Waals surface area contributed by atoms with Crippen LogP contribution in [0, 0.1) is 0 Å². The number of hydrogen-bond acceptors (Lipinski definition) is 3. The zero-order valence-corrected chi connectivity index (χ0v) is 10.7. The summed E-state index contributed by atoms with van der Waals surface area (Å²) in [6.07, 6.45) is 0.732. The number of hydrogen-bond donors (Lipinski definition) is 2. The lowest BCUT2D eigenvalue weighted by Gasteiger charge is -2.06. The normalized spacial score (nSPS) is 11.2. The van der Waals surface area contributed by atoms with Gasteiger partial charge in [0.05, 0.1) is 4.90 Å². The summed E-state index contributed by atoms with van der Waals surface area (Å²) >= 11 is 0. The smallest absolute Gasteiger partial charge is 0.251 e. The fourth-order valence-corrected chi connectivity index (χ4v) is 2.38. The van der Waals surface area contributed by atoms with Gasteiger partial charge < -0.3 is 5.32 Å². The third kappa shape index (κ3) is 3.54. The number of sulfonamides is 1. The van der Waals surface area contributed by atoms with Crippen LogP contribution in [-0.4, -0.2) is 27.9 Å². The first-order valence-electron chi connectivity index (χ1n) is 5.33. The van der Waals surface area contributed by atoms with Crippen LogP contribution in [0.1, 0.15) is 23.7 Å². The third-order valence-corrected chi connectivity index (χ3v) is 3.67. The van der Waals surface area contributed by atoms with Crippen molar-refractivity contribution in [2.75, 3.05) is 13.6 Å². The van der Waals surface area contributed by atoms with Crippen molar-refractivity contribution in [3.63, 3.8) is 0 Å². The lowest BCUT2D eigenvalue weighted by molar-refractivity contribution is 0.0963. The summed E-state index contributed by atoms with van der Waals surface area (Å²) in [5.41, 5.74) is 0.432. The molecule has 5 nitrogen and oxygen atoms in total. The standard InChI is InChI=1S/C11H16N2O3S/c1-3-8-13-17(15,16)10-6-4-9(5-7-10)11(14)12-2/h4-7,13H,3,8H2,1-2H3,(H,12,14). The van der Waals surface area contributed by atoms with Gasteiger partial charge in [0.15, 0.2) is 0 Å². The molecule has 1 rings (SSSR count). The van der Waals surface area contributed by atoms with Gasteiger partial charge in [0, 0.05) is 19.2 Å². The van der Waals surface area contributed by atoms with Gasteiger partial charge in [0.2, 0.25) is 10.0 Å². The molecule has 0 aliphatic carbocycles. The van der Waals surface area contributed by atoms with Crippen LogP contribution < -0.4 is 10.0 Å². The van der Waals surface area contributed by atoms with E-state index in [1.807, 2.05) is 6.92 Å². The van der Waals surface area contributed by atoms with E-state index in [-0.39, 0.29) is 10.8 Å². The molecule has 0 heterocycles. The van der Waals surface area contributed by atoms with E-state index in [0.717, 1.165) is 6.42 Å². The van der Waals surface area contributed by atoms with Gasteiger partial charge in [-0.15, -0.1) is 0 Å². The molecule has 0 radical (unpaired) electrons. The molecule has 0 saturated heterocycles. The summed E-state index contributed by atoms with van der Waals surface area (Å²) < 4.78 is 25.9. The molecule has 0 fully saturated rings.